The van der Waals surface area contributed by atoms with Gasteiger partial charge < -0.3 is 14.5 Å². The molecule has 132 valence electrons. The molecule has 0 spiro atoms. The van der Waals surface area contributed by atoms with Crippen molar-refractivity contribution in [1.82, 2.24) is 14.9 Å². The van der Waals surface area contributed by atoms with Gasteiger partial charge in [-0.1, -0.05) is 15.9 Å². The predicted octanol–water partition coefficient (Wildman–Crippen LogP) is 2.99. The van der Waals surface area contributed by atoms with Crippen molar-refractivity contribution in [1.29, 1.82) is 0 Å². The third-order valence-corrected chi connectivity index (χ3v) is 4.63. The average Bonchev–Trinajstić information content (AvgIpc) is 2.62. The molecule has 3 rings (SSSR count). The van der Waals surface area contributed by atoms with Crippen LogP contribution in [0.3, 0.4) is 0 Å². The summed E-state index contributed by atoms with van der Waals surface area (Å²) >= 11 is 3.39. The van der Waals surface area contributed by atoms with Crippen molar-refractivity contribution in [2.75, 3.05) is 32.1 Å². The Bertz CT molecular complexity index is 736. The maximum Gasteiger partial charge on any atom is 0.257 e. The van der Waals surface area contributed by atoms with Gasteiger partial charge in [0, 0.05) is 43.1 Å². The zero-order valence-corrected chi connectivity index (χ0v) is 15.9. The lowest BCUT2D eigenvalue weighted by Gasteiger charge is -2.33. The number of carbonyl (C=O) groups is 1. The SMILES string of the molecule is CN(C)c1nccnc1OC1CCCN(C(=O)c2ccc(Br)cc2)C1. The van der Waals surface area contributed by atoms with Crippen molar-refractivity contribution >= 4 is 27.7 Å². The highest BCUT2D eigenvalue weighted by molar-refractivity contribution is 9.10. The third-order valence-electron chi connectivity index (χ3n) is 4.11. The smallest absolute Gasteiger partial charge is 0.257 e. The summed E-state index contributed by atoms with van der Waals surface area (Å²) in [6.45, 7) is 1.30. The van der Waals surface area contributed by atoms with E-state index >= 15 is 0 Å². The standard InChI is InChI=1S/C18H21BrN4O2/c1-22(2)16-17(21-10-9-20-16)25-15-4-3-11-23(12-15)18(24)13-5-7-14(19)8-6-13/h5-10,15H,3-4,11-12H2,1-2H3. The second kappa shape index (κ2) is 7.82. The van der Waals surface area contributed by atoms with Crippen molar-refractivity contribution in [3.63, 3.8) is 0 Å². The van der Waals surface area contributed by atoms with Crippen molar-refractivity contribution < 1.29 is 9.53 Å². The molecule has 6 nitrogen and oxygen atoms in total. The molecule has 0 aliphatic carbocycles. The van der Waals surface area contributed by atoms with Crippen LogP contribution in [-0.4, -0.2) is 54.1 Å². The molecule has 25 heavy (non-hydrogen) atoms. The first-order valence-corrected chi connectivity index (χ1v) is 9.03. The number of hydrogen-bond acceptors (Lipinski definition) is 5. The molecule has 1 aliphatic rings. The van der Waals surface area contributed by atoms with E-state index in [4.69, 9.17) is 4.74 Å². The summed E-state index contributed by atoms with van der Waals surface area (Å²) in [7, 11) is 3.81. The highest BCUT2D eigenvalue weighted by Crippen LogP contribution is 2.24. The van der Waals surface area contributed by atoms with Gasteiger partial charge in [-0.15, -0.1) is 0 Å². The van der Waals surface area contributed by atoms with Crippen molar-refractivity contribution in [2.24, 2.45) is 0 Å². The third kappa shape index (κ3) is 4.28. The minimum Gasteiger partial charge on any atom is -0.470 e. The van der Waals surface area contributed by atoms with Gasteiger partial charge in [-0.05, 0) is 37.1 Å². The largest absolute Gasteiger partial charge is 0.470 e. The van der Waals surface area contributed by atoms with Gasteiger partial charge in [0.2, 0.25) is 0 Å². The van der Waals surface area contributed by atoms with Crippen LogP contribution < -0.4 is 9.64 Å². The molecule has 1 saturated heterocycles. The number of likely N-dealkylation sites (tertiary alicyclic amines) is 1. The van der Waals surface area contributed by atoms with E-state index in [1.807, 2.05) is 48.2 Å². The number of nitrogens with zero attached hydrogens (tertiary/aromatic N) is 4. The van der Waals surface area contributed by atoms with Crippen LogP contribution >= 0.6 is 15.9 Å². The number of rotatable bonds is 4. The second-order valence-electron chi connectivity index (χ2n) is 6.22. The van der Waals surface area contributed by atoms with Gasteiger partial charge in [-0.25, -0.2) is 9.97 Å². The zero-order valence-electron chi connectivity index (χ0n) is 14.4. The molecule has 1 fully saturated rings. The average molecular weight is 405 g/mol. The number of ether oxygens (including phenoxy) is 1. The molecule has 1 atom stereocenters. The topological polar surface area (TPSA) is 58.6 Å². The van der Waals surface area contributed by atoms with E-state index in [1.165, 1.54) is 0 Å². The van der Waals surface area contributed by atoms with Crippen LogP contribution in [0.25, 0.3) is 0 Å². The Hall–Kier alpha value is -2.15. The monoisotopic (exact) mass is 404 g/mol. The highest BCUT2D eigenvalue weighted by atomic mass is 79.9. The quantitative estimate of drug-likeness (QED) is 0.783. The van der Waals surface area contributed by atoms with Crippen LogP contribution in [0.1, 0.15) is 23.2 Å². The van der Waals surface area contributed by atoms with Crippen LogP contribution in [-0.2, 0) is 0 Å². The fraction of sp³-hybridized carbons (Fsp3) is 0.389. The molecule has 2 aromatic rings. The highest BCUT2D eigenvalue weighted by Gasteiger charge is 2.27. The van der Waals surface area contributed by atoms with Gasteiger partial charge in [-0.3, -0.25) is 4.79 Å². The second-order valence-corrected chi connectivity index (χ2v) is 7.14. The number of halogens is 1. The number of amides is 1. The summed E-state index contributed by atoms with van der Waals surface area (Å²) in [5, 5.41) is 0. The van der Waals surface area contributed by atoms with Crippen molar-refractivity contribution in [3.05, 3.63) is 46.7 Å². The van der Waals surface area contributed by atoms with E-state index in [2.05, 4.69) is 25.9 Å². The lowest BCUT2D eigenvalue weighted by atomic mass is 10.1. The summed E-state index contributed by atoms with van der Waals surface area (Å²) in [5.41, 5.74) is 0.692. The number of benzene rings is 1. The fourth-order valence-electron chi connectivity index (χ4n) is 2.86. The lowest BCUT2D eigenvalue weighted by Crippen LogP contribution is -2.44. The van der Waals surface area contributed by atoms with E-state index in [9.17, 15) is 4.79 Å². The molecule has 0 saturated carbocycles. The van der Waals surface area contributed by atoms with Crippen molar-refractivity contribution in [2.45, 2.75) is 18.9 Å². The van der Waals surface area contributed by atoms with E-state index in [0.29, 0.717) is 23.8 Å². The summed E-state index contributed by atoms with van der Waals surface area (Å²) < 4.78 is 7.03. The van der Waals surface area contributed by atoms with Crippen LogP contribution in [0.5, 0.6) is 5.88 Å². The van der Waals surface area contributed by atoms with Gasteiger partial charge in [0.15, 0.2) is 5.82 Å². The number of aromatic nitrogens is 2. The molecule has 7 heteroatoms. The molecule has 0 radical (unpaired) electrons. The number of piperidine rings is 1. The van der Waals surface area contributed by atoms with Gasteiger partial charge in [0.05, 0.1) is 6.54 Å². The lowest BCUT2D eigenvalue weighted by molar-refractivity contribution is 0.0528. The summed E-state index contributed by atoms with van der Waals surface area (Å²) in [6, 6.07) is 7.44. The van der Waals surface area contributed by atoms with Crippen LogP contribution in [0.2, 0.25) is 0 Å². The summed E-state index contributed by atoms with van der Waals surface area (Å²) in [4.78, 5) is 25.0. The van der Waals surface area contributed by atoms with Gasteiger partial charge in [0.1, 0.15) is 6.10 Å². The molecular formula is C18H21BrN4O2. The molecule has 0 bridgehead atoms. The van der Waals surface area contributed by atoms with E-state index in [-0.39, 0.29) is 12.0 Å². The Morgan fingerprint density at radius 2 is 1.96 bits per heavy atom. The van der Waals surface area contributed by atoms with E-state index < -0.39 is 0 Å². The Balaban J connectivity index is 1.69. The Labute approximate surface area is 156 Å². The summed E-state index contributed by atoms with van der Waals surface area (Å²) in [6.07, 6.45) is 4.99. The molecule has 1 unspecified atom stereocenters. The first-order chi connectivity index (χ1) is 12.0. The van der Waals surface area contributed by atoms with E-state index in [0.717, 1.165) is 23.9 Å². The number of hydrogen-bond donors (Lipinski definition) is 0. The molecule has 0 N–H and O–H groups in total. The number of anilines is 1. The minimum atomic E-state index is -0.0800. The van der Waals surface area contributed by atoms with Crippen molar-refractivity contribution in [3.8, 4) is 5.88 Å². The Morgan fingerprint density at radius 3 is 2.68 bits per heavy atom. The molecule has 1 aromatic heterocycles. The van der Waals surface area contributed by atoms with Gasteiger partial charge in [-0.2, -0.15) is 0 Å². The summed E-state index contributed by atoms with van der Waals surface area (Å²) in [5.74, 6) is 1.24. The number of carbonyl (C=O) groups excluding carboxylic acids is 1. The first-order valence-electron chi connectivity index (χ1n) is 8.24. The molecule has 2 heterocycles. The predicted molar refractivity (Wildman–Crippen MR) is 100 cm³/mol. The van der Waals surface area contributed by atoms with Gasteiger partial charge >= 0.3 is 0 Å². The Morgan fingerprint density at radius 1 is 1.24 bits per heavy atom. The van der Waals surface area contributed by atoms with Crippen LogP contribution in [0, 0.1) is 0 Å². The van der Waals surface area contributed by atoms with E-state index in [1.54, 1.807) is 12.4 Å². The fourth-order valence-corrected chi connectivity index (χ4v) is 3.12. The molecule has 1 aromatic carbocycles. The zero-order chi connectivity index (χ0) is 17.8. The molecule has 1 aliphatic heterocycles. The molecule has 1 amide bonds. The normalized spacial score (nSPS) is 17.2. The molecular weight excluding hydrogens is 384 g/mol. The van der Waals surface area contributed by atoms with Gasteiger partial charge in [0.25, 0.3) is 11.8 Å². The minimum absolute atomic E-state index is 0.0350. The Kier molecular flexibility index (Phi) is 5.53. The maximum atomic E-state index is 12.7. The maximum absolute atomic E-state index is 12.7. The van der Waals surface area contributed by atoms with Crippen LogP contribution in [0.15, 0.2) is 41.1 Å². The first kappa shape index (κ1) is 17.7. The van der Waals surface area contributed by atoms with Crippen LogP contribution in [0.4, 0.5) is 5.82 Å².